The van der Waals surface area contributed by atoms with Gasteiger partial charge in [-0.25, -0.2) is 0 Å². The van der Waals surface area contributed by atoms with Gasteiger partial charge in [0, 0.05) is 23.9 Å². The molecule has 0 aromatic heterocycles. The minimum Gasteiger partial charge on any atom is -0.497 e. The summed E-state index contributed by atoms with van der Waals surface area (Å²) in [4.78, 5) is 36.2. The van der Waals surface area contributed by atoms with Crippen LogP contribution in [0.1, 0.15) is 43.7 Å². The number of carbonyl (C=O) groups is 3. The van der Waals surface area contributed by atoms with Crippen molar-refractivity contribution in [2.75, 3.05) is 24.4 Å². The van der Waals surface area contributed by atoms with Crippen LogP contribution in [0.3, 0.4) is 0 Å². The Balaban J connectivity index is 1.41. The van der Waals surface area contributed by atoms with Crippen molar-refractivity contribution in [3.63, 3.8) is 0 Å². The van der Waals surface area contributed by atoms with Crippen LogP contribution in [0, 0.1) is 6.92 Å². The molecule has 0 saturated carbocycles. The lowest BCUT2D eigenvalue weighted by Gasteiger charge is -2.15. The van der Waals surface area contributed by atoms with Crippen LogP contribution in [0.25, 0.3) is 0 Å². The fourth-order valence-electron chi connectivity index (χ4n) is 3.50. The monoisotopic (exact) mass is 504 g/mol. The molecule has 0 aliphatic heterocycles. The highest BCUT2D eigenvalue weighted by molar-refractivity contribution is 5.94. The van der Waals surface area contributed by atoms with Gasteiger partial charge in [-0.15, -0.1) is 0 Å². The molecule has 8 heteroatoms. The van der Waals surface area contributed by atoms with E-state index in [1.54, 1.807) is 48.5 Å². The molecule has 3 aromatic rings. The van der Waals surface area contributed by atoms with Crippen LogP contribution in [0.2, 0.25) is 0 Å². The zero-order valence-corrected chi connectivity index (χ0v) is 21.5. The molecule has 2 N–H and O–H groups in total. The van der Waals surface area contributed by atoms with Crippen LogP contribution in [-0.2, 0) is 19.1 Å². The number of benzene rings is 3. The summed E-state index contributed by atoms with van der Waals surface area (Å²) in [7, 11) is 1.52. The minimum atomic E-state index is -0.640. The van der Waals surface area contributed by atoms with Crippen molar-refractivity contribution in [2.24, 2.45) is 0 Å². The van der Waals surface area contributed by atoms with Gasteiger partial charge in [0.2, 0.25) is 5.91 Å². The maximum atomic E-state index is 12.2. The Morgan fingerprint density at radius 3 is 2.24 bits per heavy atom. The predicted octanol–water partition coefficient (Wildman–Crippen LogP) is 5.82. The van der Waals surface area contributed by atoms with Gasteiger partial charge in [0.05, 0.1) is 13.5 Å². The second kappa shape index (κ2) is 13.1. The molecule has 194 valence electrons. The second-order valence-corrected chi connectivity index (χ2v) is 8.81. The summed E-state index contributed by atoms with van der Waals surface area (Å²) in [6.45, 7) is 5.80. The van der Waals surface area contributed by atoms with Gasteiger partial charge in [0.25, 0.3) is 5.91 Å². The first-order valence-corrected chi connectivity index (χ1v) is 12.0. The second-order valence-electron chi connectivity index (χ2n) is 8.81. The number of methoxy groups -OCH3 is 1. The number of amides is 2. The predicted molar refractivity (Wildman–Crippen MR) is 142 cm³/mol. The smallest absolute Gasteiger partial charge is 0.306 e. The molecule has 0 saturated heterocycles. The Morgan fingerprint density at radius 2 is 1.54 bits per heavy atom. The molecule has 2 amide bonds. The van der Waals surface area contributed by atoms with Crippen LogP contribution < -0.4 is 20.1 Å². The van der Waals surface area contributed by atoms with Gasteiger partial charge in [-0.3, -0.25) is 14.4 Å². The summed E-state index contributed by atoms with van der Waals surface area (Å²) in [5.41, 5.74) is 3.33. The van der Waals surface area contributed by atoms with E-state index in [-0.39, 0.29) is 18.7 Å². The molecule has 0 spiro atoms. The van der Waals surface area contributed by atoms with Crippen molar-refractivity contribution < 1.29 is 28.6 Å². The third kappa shape index (κ3) is 8.68. The highest BCUT2D eigenvalue weighted by Gasteiger charge is 2.12. The molecule has 0 fully saturated rings. The van der Waals surface area contributed by atoms with Crippen LogP contribution in [0.5, 0.6) is 17.2 Å². The first-order valence-electron chi connectivity index (χ1n) is 12.0. The lowest BCUT2D eigenvalue weighted by molar-refractivity contribution is -0.147. The lowest BCUT2D eigenvalue weighted by atomic mass is 10.0. The van der Waals surface area contributed by atoms with Gasteiger partial charge in [0.1, 0.15) is 17.2 Å². The molecule has 8 nitrogen and oxygen atoms in total. The Labute approximate surface area is 216 Å². The van der Waals surface area contributed by atoms with Crippen molar-refractivity contribution >= 4 is 29.2 Å². The van der Waals surface area contributed by atoms with Crippen molar-refractivity contribution in [1.82, 2.24) is 0 Å². The van der Waals surface area contributed by atoms with Crippen LogP contribution >= 0.6 is 0 Å². The van der Waals surface area contributed by atoms with E-state index in [0.717, 1.165) is 16.9 Å². The largest absolute Gasteiger partial charge is 0.497 e. The van der Waals surface area contributed by atoms with Crippen LogP contribution in [0.4, 0.5) is 11.4 Å². The summed E-state index contributed by atoms with van der Waals surface area (Å²) in [6, 6.07) is 20.0. The average molecular weight is 505 g/mol. The van der Waals surface area contributed by atoms with E-state index in [9.17, 15) is 14.4 Å². The van der Waals surface area contributed by atoms with Gasteiger partial charge in [-0.2, -0.15) is 0 Å². The zero-order valence-electron chi connectivity index (χ0n) is 21.5. The Hall–Kier alpha value is -4.33. The van der Waals surface area contributed by atoms with E-state index >= 15 is 0 Å². The average Bonchev–Trinajstić information content (AvgIpc) is 2.87. The third-order valence-corrected chi connectivity index (χ3v) is 5.43. The number of rotatable bonds is 11. The summed E-state index contributed by atoms with van der Waals surface area (Å²) in [5, 5.41) is 5.36. The van der Waals surface area contributed by atoms with E-state index in [0.29, 0.717) is 28.8 Å². The van der Waals surface area contributed by atoms with Crippen LogP contribution in [0.15, 0.2) is 66.7 Å². The molecule has 0 aliphatic carbocycles. The van der Waals surface area contributed by atoms with Crippen LogP contribution in [-0.4, -0.2) is 31.5 Å². The molecule has 0 unspecified atom stereocenters. The fraction of sp³-hybridized carbons (Fsp3) is 0.276. The Kier molecular flexibility index (Phi) is 9.66. The summed E-state index contributed by atoms with van der Waals surface area (Å²) in [5.74, 6) is 0.909. The molecule has 0 radical (unpaired) electrons. The molecule has 3 aromatic carbocycles. The highest BCUT2D eigenvalue weighted by Crippen LogP contribution is 2.32. The molecular formula is C29H32N2O6. The molecule has 0 aliphatic rings. The van der Waals surface area contributed by atoms with E-state index in [1.807, 2.05) is 13.0 Å². The maximum Gasteiger partial charge on any atom is 0.306 e. The molecule has 0 atom stereocenters. The highest BCUT2D eigenvalue weighted by atomic mass is 16.5. The fourth-order valence-corrected chi connectivity index (χ4v) is 3.50. The van der Waals surface area contributed by atoms with E-state index in [2.05, 4.69) is 36.6 Å². The van der Waals surface area contributed by atoms with Gasteiger partial charge in [-0.05, 0) is 66.4 Å². The molecule has 0 heterocycles. The minimum absolute atomic E-state index is 0.0738. The quantitative estimate of drug-likeness (QED) is 0.319. The van der Waals surface area contributed by atoms with Gasteiger partial charge in [0.15, 0.2) is 6.61 Å². The summed E-state index contributed by atoms with van der Waals surface area (Å²) >= 11 is 0. The topological polar surface area (TPSA) is 103 Å². The van der Waals surface area contributed by atoms with Crippen molar-refractivity contribution in [2.45, 2.75) is 39.5 Å². The zero-order chi connectivity index (χ0) is 26.8. The van der Waals surface area contributed by atoms with Crippen molar-refractivity contribution in [3.05, 3.63) is 77.9 Å². The Morgan fingerprint density at radius 1 is 0.811 bits per heavy atom. The number of carbonyl (C=O) groups excluding carboxylic acids is 3. The van der Waals surface area contributed by atoms with Crippen molar-refractivity contribution in [1.29, 1.82) is 0 Å². The van der Waals surface area contributed by atoms with E-state index in [4.69, 9.17) is 14.2 Å². The van der Waals surface area contributed by atoms with Crippen molar-refractivity contribution in [3.8, 4) is 17.2 Å². The number of ether oxygens (including phenoxy) is 3. The van der Waals surface area contributed by atoms with Gasteiger partial charge in [-0.1, -0.05) is 32.0 Å². The lowest BCUT2D eigenvalue weighted by Crippen LogP contribution is -2.21. The van der Waals surface area contributed by atoms with E-state index < -0.39 is 18.5 Å². The SMILES string of the molecule is COc1cccc(NC(=O)COC(=O)CCC(=O)Nc2ccc(Oc3cc(C)ccc3C(C)C)cc2)c1. The standard InChI is InChI=1S/C29H32N2O6/c1-19(2)25-13-8-20(3)16-26(25)37-23-11-9-21(10-12-23)30-27(32)14-15-29(34)36-18-28(33)31-22-6-5-7-24(17-22)35-4/h5-13,16-17,19H,14-15,18H2,1-4H3,(H,30,32)(H,31,33). The summed E-state index contributed by atoms with van der Waals surface area (Å²) in [6.07, 6.45) is -0.222. The first kappa shape index (κ1) is 27.3. The number of hydrogen-bond donors (Lipinski definition) is 2. The number of esters is 1. The number of hydrogen-bond acceptors (Lipinski definition) is 6. The number of anilines is 2. The molecule has 0 bridgehead atoms. The van der Waals surface area contributed by atoms with Gasteiger partial charge >= 0.3 is 5.97 Å². The van der Waals surface area contributed by atoms with E-state index in [1.165, 1.54) is 7.11 Å². The molecule has 37 heavy (non-hydrogen) atoms. The summed E-state index contributed by atoms with van der Waals surface area (Å²) < 4.78 is 16.1. The molecule has 3 rings (SSSR count). The first-order chi connectivity index (χ1) is 17.7. The maximum absolute atomic E-state index is 12.2. The van der Waals surface area contributed by atoms with Gasteiger partial charge < -0.3 is 24.8 Å². The Bertz CT molecular complexity index is 1240. The molecular weight excluding hydrogens is 472 g/mol. The third-order valence-electron chi connectivity index (χ3n) is 5.43. The number of aryl methyl sites for hydroxylation is 1. The normalized spacial score (nSPS) is 10.5. The number of nitrogens with one attached hydrogen (secondary N) is 2.